The molecule has 0 bridgehead atoms. The third kappa shape index (κ3) is 3.69. The number of nitrogens with zero attached hydrogens (tertiary/aromatic N) is 2. The van der Waals surface area contributed by atoms with E-state index in [4.69, 9.17) is 5.26 Å². The highest BCUT2D eigenvalue weighted by atomic mass is 79.9. The van der Waals surface area contributed by atoms with Crippen molar-refractivity contribution in [3.05, 3.63) is 56.2 Å². The molecule has 0 saturated carbocycles. The zero-order valence-corrected chi connectivity index (χ0v) is 13.4. The summed E-state index contributed by atoms with van der Waals surface area (Å²) in [5.74, 6) is -0.0337. The summed E-state index contributed by atoms with van der Waals surface area (Å²) in [7, 11) is 1.78. The van der Waals surface area contributed by atoms with Gasteiger partial charge in [0.1, 0.15) is 6.07 Å². The zero-order valence-electron chi connectivity index (χ0n) is 11.0. The van der Waals surface area contributed by atoms with Crippen LogP contribution in [0.25, 0.3) is 0 Å². The van der Waals surface area contributed by atoms with Crippen LogP contribution in [0.3, 0.4) is 0 Å². The average molecular weight is 349 g/mol. The molecular weight excluding hydrogens is 336 g/mol. The molecule has 2 aromatic rings. The molecule has 1 amide bonds. The molecular formula is C15H13BrN2OS. The molecule has 1 aromatic heterocycles. The van der Waals surface area contributed by atoms with E-state index in [1.165, 1.54) is 16.9 Å². The second kappa shape index (κ2) is 6.69. The van der Waals surface area contributed by atoms with Crippen molar-refractivity contribution in [3.8, 4) is 6.07 Å². The number of hydrogen-bond acceptors (Lipinski definition) is 3. The number of likely N-dealkylation sites (N-methyl/N-ethyl adjacent to an activating group) is 1. The first-order valence-electron chi connectivity index (χ1n) is 6.08. The minimum Gasteiger partial charge on any atom is -0.341 e. The molecule has 0 fully saturated rings. The van der Waals surface area contributed by atoms with E-state index in [1.54, 1.807) is 23.4 Å². The zero-order chi connectivity index (χ0) is 14.5. The smallest absolute Gasteiger partial charge is 0.263 e. The van der Waals surface area contributed by atoms with Crippen LogP contribution in [-0.2, 0) is 6.42 Å². The van der Waals surface area contributed by atoms with Crippen LogP contribution in [0, 0.1) is 11.3 Å². The van der Waals surface area contributed by atoms with Crippen LogP contribution >= 0.6 is 27.3 Å². The number of thiophene rings is 1. The molecule has 0 radical (unpaired) electrons. The first kappa shape index (κ1) is 14.8. The Balaban J connectivity index is 1.94. The highest BCUT2D eigenvalue weighted by Gasteiger charge is 2.14. The summed E-state index contributed by atoms with van der Waals surface area (Å²) in [6.07, 6.45) is 0.812. The van der Waals surface area contributed by atoms with Crippen molar-refractivity contribution in [2.45, 2.75) is 6.42 Å². The molecule has 0 aliphatic rings. The maximum absolute atomic E-state index is 12.2. The fourth-order valence-electron chi connectivity index (χ4n) is 1.74. The van der Waals surface area contributed by atoms with Crippen molar-refractivity contribution < 1.29 is 4.79 Å². The van der Waals surface area contributed by atoms with Crippen molar-refractivity contribution in [2.75, 3.05) is 13.6 Å². The van der Waals surface area contributed by atoms with Crippen LogP contribution in [0.1, 0.15) is 20.8 Å². The summed E-state index contributed by atoms with van der Waals surface area (Å²) in [6.45, 7) is 0.653. The van der Waals surface area contributed by atoms with Gasteiger partial charge in [-0.2, -0.15) is 5.26 Å². The lowest BCUT2D eigenvalue weighted by Gasteiger charge is -2.16. The maximum atomic E-state index is 12.2. The van der Waals surface area contributed by atoms with Crippen molar-refractivity contribution in [2.24, 2.45) is 0 Å². The largest absolute Gasteiger partial charge is 0.341 e. The summed E-state index contributed by atoms with van der Waals surface area (Å²) in [4.78, 5) is 14.5. The number of carbonyl (C=O) groups excluding carboxylic acids is 1. The van der Waals surface area contributed by atoms with E-state index in [9.17, 15) is 4.79 Å². The third-order valence-electron chi connectivity index (χ3n) is 2.94. The SMILES string of the molecule is CN(CCc1ccc(Br)cc1)C(=O)c1cc(C#N)cs1. The van der Waals surface area contributed by atoms with Crippen molar-refractivity contribution >= 4 is 33.2 Å². The highest BCUT2D eigenvalue weighted by Crippen LogP contribution is 2.16. The lowest BCUT2D eigenvalue weighted by molar-refractivity contribution is 0.0801. The van der Waals surface area contributed by atoms with E-state index in [2.05, 4.69) is 15.9 Å². The molecule has 0 atom stereocenters. The summed E-state index contributed by atoms with van der Waals surface area (Å²) in [5.41, 5.74) is 1.73. The standard InChI is InChI=1S/C15H13BrN2OS/c1-18(7-6-11-2-4-13(16)5-3-11)15(19)14-8-12(9-17)10-20-14/h2-5,8,10H,6-7H2,1H3. The van der Waals surface area contributed by atoms with Gasteiger partial charge in [0, 0.05) is 23.4 Å². The molecule has 2 rings (SSSR count). The van der Waals surface area contributed by atoms with Gasteiger partial charge in [-0.1, -0.05) is 28.1 Å². The Morgan fingerprint density at radius 1 is 1.40 bits per heavy atom. The van der Waals surface area contributed by atoms with E-state index in [0.717, 1.165) is 10.9 Å². The van der Waals surface area contributed by atoms with Crippen LogP contribution in [0.2, 0.25) is 0 Å². The molecule has 0 aliphatic carbocycles. The molecule has 0 N–H and O–H groups in total. The van der Waals surface area contributed by atoms with Gasteiger partial charge < -0.3 is 4.90 Å². The molecule has 102 valence electrons. The van der Waals surface area contributed by atoms with Crippen LogP contribution in [0.4, 0.5) is 0 Å². The Morgan fingerprint density at radius 2 is 2.10 bits per heavy atom. The number of carbonyl (C=O) groups is 1. The number of rotatable bonds is 4. The highest BCUT2D eigenvalue weighted by molar-refractivity contribution is 9.10. The molecule has 0 spiro atoms. The molecule has 0 aliphatic heterocycles. The Bertz CT molecular complexity index is 643. The number of hydrogen-bond donors (Lipinski definition) is 0. The predicted molar refractivity (Wildman–Crippen MR) is 83.8 cm³/mol. The second-order valence-corrected chi connectivity index (χ2v) is 6.24. The van der Waals surface area contributed by atoms with Crippen molar-refractivity contribution in [1.29, 1.82) is 5.26 Å². The predicted octanol–water partition coefficient (Wildman–Crippen LogP) is 3.70. The van der Waals surface area contributed by atoms with Gasteiger partial charge in [0.25, 0.3) is 5.91 Å². The van der Waals surface area contributed by atoms with Crippen LogP contribution in [-0.4, -0.2) is 24.4 Å². The summed E-state index contributed by atoms with van der Waals surface area (Å²) in [5, 5.41) is 10.5. The molecule has 20 heavy (non-hydrogen) atoms. The van der Waals surface area contributed by atoms with Crippen molar-refractivity contribution in [1.82, 2.24) is 4.90 Å². The molecule has 1 aromatic carbocycles. The second-order valence-electron chi connectivity index (χ2n) is 4.41. The van der Waals surface area contributed by atoms with Gasteiger partial charge in [-0.25, -0.2) is 0 Å². The van der Waals surface area contributed by atoms with Gasteiger partial charge in [0.05, 0.1) is 10.4 Å². The lowest BCUT2D eigenvalue weighted by atomic mass is 10.1. The summed E-state index contributed by atoms with van der Waals surface area (Å²) >= 11 is 4.71. The Hall–Kier alpha value is -1.64. The minimum absolute atomic E-state index is 0.0337. The first-order chi connectivity index (χ1) is 9.60. The number of benzene rings is 1. The van der Waals surface area contributed by atoms with Gasteiger partial charge in [0.15, 0.2) is 0 Å². The lowest BCUT2D eigenvalue weighted by Crippen LogP contribution is -2.28. The monoisotopic (exact) mass is 348 g/mol. The topological polar surface area (TPSA) is 44.1 Å². The minimum atomic E-state index is -0.0337. The fourth-order valence-corrected chi connectivity index (χ4v) is 2.84. The van der Waals surface area contributed by atoms with E-state index in [-0.39, 0.29) is 5.91 Å². The third-order valence-corrected chi connectivity index (χ3v) is 4.38. The van der Waals surface area contributed by atoms with Crippen LogP contribution < -0.4 is 0 Å². The van der Waals surface area contributed by atoms with Gasteiger partial charge in [-0.05, 0) is 30.2 Å². The normalized spacial score (nSPS) is 10.1. The fraction of sp³-hybridized carbons (Fsp3) is 0.200. The Kier molecular flexibility index (Phi) is 4.94. The summed E-state index contributed by atoms with van der Waals surface area (Å²) < 4.78 is 1.05. The van der Waals surface area contributed by atoms with E-state index >= 15 is 0 Å². The number of amides is 1. The molecule has 3 nitrogen and oxygen atoms in total. The van der Waals surface area contributed by atoms with E-state index in [0.29, 0.717) is 17.0 Å². The first-order valence-corrected chi connectivity index (χ1v) is 7.76. The Labute approximate surface area is 130 Å². The van der Waals surface area contributed by atoms with Gasteiger partial charge >= 0.3 is 0 Å². The molecule has 0 unspecified atom stereocenters. The number of halogens is 1. The number of nitriles is 1. The Morgan fingerprint density at radius 3 is 2.70 bits per heavy atom. The van der Waals surface area contributed by atoms with E-state index in [1.807, 2.05) is 30.3 Å². The van der Waals surface area contributed by atoms with E-state index < -0.39 is 0 Å². The average Bonchev–Trinajstić information content (AvgIpc) is 2.94. The molecule has 1 heterocycles. The maximum Gasteiger partial charge on any atom is 0.263 e. The van der Waals surface area contributed by atoms with Gasteiger partial charge in [-0.15, -0.1) is 11.3 Å². The van der Waals surface area contributed by atoms with Crippen LogP contribution in [0.5, 0.6) is 0 Å². The molecule has 0 saturated heterocycles. The van der Waals surface area contributed by atoms with Crippen molar-refractivity contribution in [3.63, 3.8) is 0 Å². The van der Waals surface area contributed by atoms with Gasteiger partial charge in [-0.3, -0.25) is 4.79 Å². The van der Waals surface area contributed by atoms with Gasteiger partial charge in [0.2, 0.25) is 0 Å². The quantitative estimate of drug-likeness (QED) is 0.845. The molecule has 5 heteroatoms. The van der Waals surface area contributed by atoms with Crippen LogP contribution in [0.15, 0.2) is 40.2 Å². The summed E-state index contributed by atoms with van der Waals surface area (Å²) in [6, 6.07) is 11.8.